The van der Waals surface area contributed by atoms with Crippen LogP contribution in [0.3, 0.4) is 0 Å². The highest BCUT2D eigenvalue weighted by molar-refractivity contribution is 7.89. The molecule has 7 nitrogen and oxygen atoms in total. The Morgan fingerprint density at radius 2 is 1.87 bits per heavy atom. The Morgan fingerprint density at radius 1 is 1.26 bits per heavy atom. The molecule has 1 saturated heterocycles. The highest BCUT2D eigenvalue weighted by Gasteiger charge is 2.39. The van der Waals surface area contributed by atoms with Gasteiger partial charge in [-0.2, -0.15) is 4.31 Å². The summed E-state index contributed by atoms with van der Waals surface area (Å²) in [5.74, 6) is -0.992. The molecular formula is C15H20N2O5S. The molecule has 1 N–H and O–H groups in total. The van der Waals surface area contributed by atoms with Crippen molar-refractivity contribution in [2.75, 3.05) is 19.6 Å². The number of carboxylic acid groups (broad SMARTS) is 1. The van der Waals surface area contributed by atoms with Crippen LogP contribution >= 0.6 is 0 Å². The lowest BCUT2D eigenvalue weighted by atomic mass is 10.0. The molecule has 1 aliphatic rings. The van der Waals surface area contributed by atoms with Crippen LogP contribution in [0.2, 0.25) is 0 Å². The first-order valence-electron chi connectivity index (χ1n) is 7.31. The molecule has 0 radical (unpaired) electrons. The van der Waals surface area contributed by atoms with E-state index in [-0.39, 0.29) is 30.4 Å². The van der Waals surface area contributed by atoms with E-state index in [0.29, 0.717) is 6.41 Å². The standard InChI is InChI=1S/C15H20N2O5S/c1-11(2)12-3-5-13(6-4-12)23(21,22)17-8-7-16(10-18)9-14(17)15(19)20/h3-6,10-11,14H,7-9H2,1-2H3,(H,19,20). The summed E-state index contributed by atoms with van der Waals surface area (Å²) in [7, 11) is -3.92. The topological polar surface area (TPSA) is 95.0 Å². The number of piperazine rings is 1. The fraction of sp³-hybridized carbons (Fsp3) is 0.467. The van der Waals surface area contributed by atoms with E-state index in [1.54, 1.807) is 12.1 Å². The average Bonchev–Trinajstić information content (AvgIpc) is 2.54. The van der Waals surface area contributed by atoms with Gasteiger partial charge in [-0.15, -0.1) is 0 Å². The van der Waals surface area contributed by atoms with Crippen LogP contribution in [0.15, 0.2) is 29.2 Å². The van der Waals surface area contributed by atoms with Crippen molar-refractivity contribution in [3.63, 3.8) is 0 Å². The molecular weight excluding hydrogens is 320 g/mol. The van der Waals surface area contributed by atoms with E-state index in [9.17, 15) is 23.1 Å². The maximum Gasteiger partial charge on any atom is 0.323 e. The highest BCUT2D eigenvalue weighted by atomic mass is 32.2. The van der Waals surface area contributed by atoms with E-state index < -0.39 is 22.0 Å². The van der Waals surface area contributed by atoms with Crippen LogP contribution in [-0.2, 0) is 19.6 Å². The number of carbonyl (C=O) groups excluding carboxylic acids is 1. The van der Waals surface area contributed by atoms with Gasteiger partial charge < -0.3 is 10.0 Å². The van der Waals surface area contributed by atoms with Crippen molar-refractivity contribution >= 4 is 22.4 Å². The SMILES string of the molecule is CC(C)c1ccc(S(=O)(=O)N2CCN(C=O)CC2C(=O)O)cc1. The number of benzene rings is 1. The Morgan fingerprint density at radius 3 is 2.35 bits per heavy atom. The normalized spacial score (nSPS) is 19.8. The number of sulfonamides is 1. The van der Waals surface area contributed by atoms with Crippen molar-refractivity contribution in [2.45, 2.75) is 30.7 Å². The summed E-state index contributed by atoms with van der Waals surface area (Å²) in [5, 5.41) is 9.30. The van der Waals surface area contributed by atoms with Crippen LogP contribution in [0.1, 0.15) is 25.3 Å². The predicted molar refractivity (Wildman–Crippen MR) is 83.5 cm³/mol. The van der Waals surface area contributed by atoms with Crippen LogP contribution in [-0.4, -0.2) is 60.8 Å². The zero-order chi connectivity index (χ0) is 17.2. The molecule has 8 heteroatoms. The number of aliphatic carboxylic acids is 1. The lowest BCUT2D eigenvalue weighted by molar-refractivity contribution is -0.144. The third-order valence-electron chi connectivity index (χ3n) is 3.95. The van der Waals surface area contributed by atoms with Gasteiger partial charge in [-0.1, -0.05) is 26.0 Å². The second kappa shape index (κ2) is 6.67. The van der Waals surface area contributed by atoms with E-state index in [4.69, 9.17) is 0 Å². The molecule has 23 heavy (non-hydrogen) atoms. The van der Waals surface area contributed by atoms with Gasteiger partial charge in [-0.3, -0.25) is 9.59 Å². The van der Waals surface area contributed by atoms with Crippen LogP contribution in [0.4, 0.5) is 0 Å². The number of nitrogens with zero attached hydrogens (tertiary/aromatic N) is 2. The third-order valence-corrected chi connectivity index (χ3v) is 5.87. The quantitative estimate of drug-likeness (QED) is 0.797. The van der Waals surface area contributed by atoms with Crippen LogP contribution < -0.4 is 0 Å². The molecule has 1 heterocycles. The Kier molecular flexibility index (Phi) is 5.06. The van der Waals surface area contributed by atoms with Gasteiger partial charge in [-0.05, 0) is 23.6 Å². The number of hydrogen-bond donors (Lipinski definition) is 1. The fourth-order valence-electron chi connectivity index (χ4n) is 2.53. The average molecular weight is 340 g/mol. The number of hydrogen-bond acceptors (Lipinski definition) is 4. The molecule has 1 aliphatic heterocycles. The molecule has 0 spiro atoms. The third kappa shape index (κ3) is 3.53. The number of amides is 1. The van der Waals surface area contributed by atoms with Crippen LogP contribution in [0.25, 0.3) is 0 Å². The number of carbonyl (C=O) groups is 2. The van der Waals surface area contributed by atoms with Gasteiger partial charge in [0.1, 0.15) is 6.04 Å². The second-order valence-electron chi connectivity index (χ2n) is 5.79. The summed E-state index contributed by atoms with van der Waals surface area (Å²) in [6, 6.07) is 5.18. The van der Waals surface area contributed by atoms with Crippen LogP contribution in [0.5, 0.6) is 0 Å². The zero-order valence-corrected chi connectivity index (χ0v) is 13.9. The molecule has 1 unspecified atom stereocenters. The Bertz CT molecular complexity index is 684. The first-order valence-corrected chi connectivity index (χ1v) is 8.75. The van der Waals surface area contributed by atoms with Crippen molar-refractivity contribution in [2.24, 2.45) is 0 Å². The van der Waals surface area contributed by atoms with Gasteiger partial charge in [0.05, 0.1) is 4.90 Å². The summed E-state index contributed by atoms with van der Waals surface area (Å²) >= 11 is 0. The Balaban J connectivity index is 2.33. The monoisotopic (exact) mass is 340 g/mol. The molecule has 1 atom stereocenters. The van der Waals surface area contributed by atoms with Crippen molar-refractivity contribution < 1.29 is 23.1 Å². The molecule has 0 aromatic heterocycles. The lowest BCUT2D eigenvalue weighted by Crippen LogP contribution is -2.57. The van der Waals surface area contributed by atoms with Gasteiger partial charge >= 0.3 is 5.97 Å². The highest BCUT2D eigenvalue weighted by Crippen LogP contribution is 2.23. The van der Waals surface area contributed by atoms with E-state index in [0.717, 1.165) is 9.87 Å². The molecule has 0 bridgehead atoms. The zero-order valence-electron chi connectivity index (χ0n) is 13.0. The smallest absolute Gasteiger partial charge is 0.323 e. The minimum absolute atomic E-state index is 0.0377. The molecule has 1 aromatic carbocycles. The summed E-state index contributed by atoms with van der Waals surface area (Å²) < 4.78 is 26.4. The van der Waals surface area contributed by atoms with Gasteiger partial charge in [0, 0.05) is 19.6 Å². The molecule has 1 aromatic rings. The molecule has 0 saturated carbocycles. The number of carboxylic acids is 1. The van der Waals surface area contributed by atoms with Gasteiger partial charge in [0.15, 0.2) is 0 Å². The maximum absolute atomic E-state index is 12.7. The van der Waals surface area contributed by atoms with Gasteiger partial charge in [0.25, 0.3) is 0 Å². The fourth-order valence-corrected chi connectivity index (χ4v) is 4.10. The molecule has 1 amide bonds. The maximum atomic E-state index is 12.7. The van der Waals surface area contributed by atoms with Crippen LogP contribution in [0, 0.1) is 0 Å². The van der Waals surface area contributed by atoms with E-state index >= 15 is 0 Å². The van der Waals surface area contributed by atoms with Crippen molar-refractivity contribution in [3.05, 3.63) is 29.8 Å². The molecule has 126 valence electrons. The van der Waals surface area contributed by atoms with Gasteiger partial charge in [-0.25, -0.2) is 8.42 Å². The summed E-state index contributed by atoms with van der Waals surface area (Å²) in [5.41, 5.74) is 1.00. The minimum atomic E-state index is -3.92. The van der Waals surface area contributed by atoms with E-state index in [1.807, 2.05) is 13.8 Å². The molecule has 0 aliphatic carbocycles. The lowest BCUT2D eigenvalue weighted by Gasteiger charge is -2.36. The predicted octanol–water partition coefficient (Wildman–Crippen LogP) is 0.726. The van der Waals surface area contributed by atoms with E-state index in [2.05, 4.69) is 0 Å². The molecule has 1 fully saturated rings. The first kappa shape index (κ1) is 17.4. The van der Waals surface area contributed by atoms with Crippen molar-refractivity contribution in [1.29, 1.82) is 0 Å². The Hall–Kier alpha value is -1.93. The number of rotatable bonds is 5. The minimum Gasteiger partial charge on any atom is -0.480 e. The molecule has 2 rings (SSSR count). The summed E-state index contributed by atoms with van der Waals surface area (Å²) in [6.45, 7) is 3.99. The van der Waals surface area contributed by atoms with Crippen molar-refractivity contribution in [1.82, 2.24) is 9.21 Å². The second-order valence-corrected chi connectivity index (χ2v) is 7.68. The first-order chi connectivity index (χ1) is 10.8. The van der Waals surface area contributed by atoms with Crippen molar-refractivity contribution in [3.8, 4) is 0 Å². The summed E-state index contributed by atoms with van der Waals surface area (Å²) in [4.78, 5) is 23.6. The largest absolute Gasteiger partial charge is 0.480 e. The summed E-state index contributed by atoms with van der Waals surface area (Å²) in [6.07, 6.45) is 0.539. The van der Waals surface area contributed by atoms with Gasteiger partial charge in [0.2, 0.25) is 16.4 Å². The Labute approximate surface area is 135 Å². The van der Waals surface area contributed by atoms with E-state index in [1.165, 1.54) is 17.0 Å².